The van der Waals surface area contributed by atoms with Gasteiger partial charge in [-0.1, -0.05) is 12.2 Å². The molecule has 1 aromatic heterocycles. The third-order valence-electron chi connectivity index (χ3n) is 0.907. The van der Waals surface area contributed by atoms with Crippen LogP contribution in [0.5, 0.6) is 0 Å². The van der Waals surface area contributed by atoms with Crippen LogP contribution in [0, 0.1) is 4.64 Å². The highest BCUT2D eigenvalue weighted by Gasteiger charge is 1.93. The van der Waals surface area contributed by atoms with E-state index in [9.17, 15) is 4.79 Å². The van der Waals surface area contributed by atoms with Gasteiger partial charge < -0.3 is 5.32 Å². The highest BCUT2D eigenvalue weighted by Crippen LogP contribution is 1.99. The normalized spacial score (nSPS) is 9.30. The molecule has 0 atom stereocenters. The Labute approximate surface area is 62.6 Å². The first-order chi connectivity index (χ1) is 4.68. The van der Waals surface area contributed by atoms with Crippen molar-refractivity contribution in [2.24, 2.45) is 0 Å². The summed E-state index contributed by atoms with van der Waals surface area (Å²) in [5.41, 5.74) is 0. The number of aromatic amines is 2. The molecule has 0 saturated heterocycles. The molecule has 1 heterocycles. The molecule has 3 N–H and O–H groups in total. The number of hydrogen-bond donors (Lipinski definition) is 3. The molecule has 0 fully saturated rings. The lowest BCUT2D eigenvalue weighted by Gasteiger charge is -1.92. The predicted octanol–water partition coefficient (Wildman–Crippen LogP) is 1.03. The van der Waals surface area contributed by atoms with E-state index >= 15 is 0 Å². The van der Waals surface area contributed by atoms with Crippen molar-refractivity contribution in [3.8, 4) is 0 Å². The summed E-state index contributed by atoms with van der Waals surface area (Å²) in [4.78, 5) is 10.4. The SMILES string of the molecule is CC(=O)Nc1cc(=S)[nH][nH]1. The number of carbonyl (C=O) groups excluding carboxylic acids is 1. The van der Waals surface area contributed by atoms with Crippen molar-refractivity contribution in [3.63, 3.8) is 0 Å². The van der Waals surface area contributed by atoms with Gasteiger partial charge in [-0.15, -0.1) is 0 Å². The van der Waals surface area contributed by atoms with Crippen LogP contribution < -0.4 is 5.32 Å². The van der Waals surface area contributed by atoms with Gasteiger partial charge in [-0.05, 0) is 0 Å². The van der Waals surface area contributed by atoms with E-state index in [4.69, 9.17) is 12.2 Å². The zero-order chi connectivity index (χ0) is 7.56. The Morgan fingerprint density at radius 2 is 2.40 bits per heavy atom. The van der Waals surface area contributed by atoms with Crippen LogP contribution in [0.3, 0.4) is 0 Å². The maximum atomic E-state index is 10.4. The van der Waals surface area contributed by atoms with E-state index in [1.54, 1.807) is 6.07 Å². The van der Waals surface area contributed by atoms with Crippen LogP contribution in [0.1, 0.15) is 6.92 Å². The number of anilines is 1. The number of hydrogen-bond acceptors (Lipinski definition) is 2. The molecular formula is C5H7N3OS. The van der Waals surface area contributed by atoms with E-state index in [-0.39, 0.29) is 5.91 Å². The van der Waals surface area contributed by atoms with Crippen LogP contribution in [0.2, 0.25) is 0 Å². The smallest absolute Gasteiger partial charge is 0.222 e. The molecule has 0 aliphatic carbocycles. The van der Waals surface area contributed by atoms with E-state index in [2.05, 4.69) is 15.5 Å². The van der Waals surface area contributed by atoms with E-state index < -0.39 is 0 Å². The highest BCUT2D eigenvalue weighted by atomic mass is 32.1. The summed E-state index contributed by atoms with van der Waals surface area (Å²) in [6, 6.07) is 1.64. The van der Waals surface area contributed by atoms with Crippen LogP contribution in [0.25, 0.3) is 0 Å². The van der Waals surface area contributed by atoms with Crippen molar-refractivity contribution in [1.29, 1.82) is 0 Å². The van der Waals surface area contributed by atoms with Gasteiger partial charge in [0.1, 0.15) is 10.5 Å². The summed E-state index contributed by atoms with van der Waals surface area (Å²) in [7, 11) is 0. The van der Waals surface area contributed by atoms with Crippen LogP contribution in [-0.4, -0.2) is 16.1 Å². The Morgan fingerprint density at radius 3 is 2.80 bits per heavy atom. The third-order valence-corrected chi connectivity index (χ3v) is 1.13. The fourth-order valence-corrected chi connectivity index (χ4v) is 0.758. The average molecular weight is 157 g/mol. The van der Waals surface area contributed by atoms with Crippen LogP contribution in [0.15, 0.2) is 6.07 Å². The molecule has 0 aliphatic heterocycles. The molecule has 54 valence electrons. The van der Waals surface area contributed by atoms with E-state index in [1.807, 2.05) is 0 Å². The van der Waals surface area contributed by atoms with Gasteiger partial charge in [0.15, 0.2) is 0 Å². The second-order valence-corrected chi connectivity index (χ2v) is 2.29. The maximum Gasteiger partial charge on any atom is 0.222 e. The molecule has 4 nitrogen and oxygen atoms in total. The summed E-state index contributed by atoms with van der Waals surface area (Å²) in [6.07, 6.45) is 0. The van der Waals surface area contributed by atoms with Crippen molar-refractivity contribution in [1.82, 2.24) is 10.2 Å². The van der Waals surface area contributed by atoms with Crippen molar-refractivity contribution in [2.75, 3.05) is 5.32 Å². The number of amides is 1. The molecule has 0 radical (unpaired) electrons. The van der Waals surface area contributed by atoms with Gasteiger partial charge in [-0.25, -0.2) is 0 Å². The lowest BCUT2D eigenvalue weighted by Crippen LogP contribution is -2.05. The molecule has 0 aromatic carbocycles. The second kappa shape index (κ2) is 2.66. The van der Waals surface area contributed by atoms with E-state index in [0.717, 1.165) is 0 Å². The Bertz CT molecular complexity index is 287. The first kappa shape index (κ1) is 7.01. The molecular weight excluding hydrogens is 150 g/mol. The second-order valence-electron chi connectivity index (χ2n) is 1.85. The maximum absolute atomic E-state index is 10.4. The van der Waals surface area contributed by atoms with Gasteiger partial charge in [-0.3, -0.25) is 15.0 Å². The molecule has 1 rings (SSSR count). The minimum atomic E-state index is -0.120. The van der Waals surface area contributed by atoms with Crippen LogP contribution in [-0.2, 0) is 4.79 Å². The highest BCUT2D eigenvalue weighted by molar-refractivity contribution is 7.71. The monoisotopic (exact) mass is 157 g/mol. The van der Waals surface area contributed by atoms with Gasteiger partial charge in [0.2, 0.25) is 5.91 Å². The van der Waals surface area contributed by atoms with Gasteiger partial charge in [0, 0.05) is 13.0 Å². The standard InChI is InChI=1S/C5H7N3OS/c1-3(9)6-4-2-5(10)8-7-4/h2H,1H3,(H3,6,7,8,9,10). The minimum absolute atomic E-state index is 0.120. The summed E-state index contributed by atoms with van der Waals surface area (Å²) >= 11 is 4.75. The van der Waals surface area contributed by atoms with Gasteiger partial charge >= 0.3 is 0 Å². The van der Waals surface area contributed by atoms with Crippen molar-refractivity contribution < 1.29 is 4.79 Å². The number of carbonyl (C=O) groups is 1. The van der Waals surface area contributed by atoms with Gasteiger partial charge in [-0.2, -0.15) is 0 Å². The Balaban J connectivity index is 2.76. The summed E-state index contributed by atoms with van der Waals surface area (Å²) in [5, 5.41) is 7.86. The lowest BCUT2D eigenvalue weighted by atomic mass is 10.6. The van der Waals surface area contributed by atoms with E-state index in [1.165, 1.54) is 6.92 Å². The van der Waals surface area contributed by atoms with E-state index in [0.29, 0.717) is 10.5 Å². The zero-order valence-corrected chi connectivity index (χ0v) is 6.21. The van der Waals surface area contributed by atoms with Crippen molar-refractivity contribution in [3.05, 3.63) is 10.7 Å². The predicted molar refractivity (Wildman–Crippen MR) is 40.3 cm³/mol. The molecule has 1 aromatic rings. The number of aromatic nitrogens is 2. The zero-order valence-electron chi connectivity index (χ0n) is 5.39. The molecule has 0 aliphatic rings. The van der Waals surface area contributed by atoms with Gasteiger partial charge in [0.05, 0.1) is 0 Å². The number of H-pyrrole nitrogens is 2. The summed E-state index contributed by atoms with van der Waals surface area (Å²) < 4.78 is 0.573. The Morgan fingerprint density at radius 1 is 1.70 bits per heavy atom. The molecule has 0 unspecified atom stereocenters. The number of rotatable bonds is 1. The Hall–Kier alpha value is -1.10. The first-order valence-electron chi connectivity index (χ1n) is 2.74. The quantitative estimate of drug-likeness (QED) is 0.533. The largest absolute Gasteiger partial charge is 0.311 e. The molecule has 1 amide bonds. The number of nitrogens with one attached hydrogen (secondary N) is 3. The molecule has 10 heavy (non-hydrogen) atoms. The van der Waals surface area contributed by atoms with Crippen molar-refractivity contribution >= 4 is 23.9 Å². The summed E-state index contributed by atoms with van der Waals surface area (Å²) in [5.74, 6) is 0.475. The fraction of sp³-hybridized carbons (Fsp3) is 0.200. The van der Waals surface area contributed by atoms with Gasteiger partial charge in [0.25, 0.3) is 0 Å². The van der Waals surface area contributed by atoms with Crippen molar-refractivity contribution in [2.45, 2.75) is 6.92 Å². The fourth-order valence-electron chi connectivity index (χ4n) is 0.589. The molecule has 0 saturated carbocycles. The lowest BCUT2D eigenvalue weighted by molar-refractivity contribution is -0.114. The molecule has 5 heteroatoms. The Kier molecular flexibility index (Phi) is 1.86. The van der Waals surface area contributed by atoms with Crippen LogP contribution in [0.4, 0.5) is 5.82 Å². The molecule has 0 spiro atoms. The minimum Gasteiger partial charge on any atom is -0.311 e. The summed E-state index contributed by atoms with van der Waals surface area (Å²) in [6.45, 7) is 1.43. The average Bonchev–Trinajstić information content (AvgIpc) is 2.13. The molecule has 0 bridgehead atoms. The van der Waals surface area contributed by atoms with Crippen LogP contribution >= 0.6 is 12.2 Å². The topological polar surface area (TPSA) is 60.7 Å². The first-order valence-corrected chi connectivity index (χ1v) is 3.14. The third kappa shape index (κ3) is 1.70.